The summed E-state index contributed by atoms with van der Waals surface area (Å²) in [7, 11) is 0. The van der Waals surface area contributed by atoms with Crippen molar-refractivity contribution in [3.63, 3.8) is 0 Å². The molecule has 0 rings (SSSR count). The molecule has 0 aromatic carbocycles. The Morgan fingerprint density at radius 2 is 1.75 bits per heavy atom. The molecule has 0 unspecified atom stereocenters. The molecular weight excluding hydrogens is 376 g/mol. The molecule has 0 N–H and O–H groups in total. The average molecular weight is 377 g/mol. The molecule has 0 heterocycles. The van der Waals surface area contributed by atoms with Gasteiger partial charge in [-0.05, 0) is 11.8 Å². The summed E-state index contributed by atoms with van der Waals surface area (Å²) in [5.74, 6) is 9.02. The standard InChI is InChI=1S/C6HBr3O2S/c1-2-3-4-5-6-10-11-12(7,8)9/h1H. The molecule has 0 aromatic rings. The van der Waals surface area contributed by atoms with E-state index in [0.717, 1.165) is 0 Å². The van der Waals surface area contributed by atoms with Crippen LogP contribution in [0, 0.1) is 36.2 Å². The molecule has 6 heteroatoms. The monoisotopic (exact) mass is 374 g/mol. The molecule has 0 saturated heterocycles. The zero-order chi connectivity index (χ0) is 9.45. The predicted octanol–water partition coefficient (Wildman–Crippen LogP) is 3.18. The zero-order valence-corrected chi connectivity index (χ0v) is 11.0. The van der Waals surface area contributed by atoms with Crippen molar-refractivity contribution in [2.75, 3.05) is 0 Å². The normalized spacial score (nSPS) is 9.50. The van der Waals surface area contributed by atoms with E-state index in [1.54, 1.807) is 0 Å². The summed E-state index contributed by atoms with van der Waals surface area (Å²) in [4.78, 5) is 4.41. The highest BCUT2D eigenvalue weighted by Gasteiger charge is 2.12. The van der Waals surface area contributed by atoms with Crippen LogP contribution in [0.4, 0.5) is 0 Å². The van der Waals surface area contributed by atoms with E-state index in [4.69, 9.17) is 6.42 Å². The maximum absolute atomic E-state index is 4.83. The zero-order valence-electron chi connectivity index (χ0n) is 5.44. The number of rotatable bonds is 2. The van der Waals surface area contributed by atoms with Crippen molar-refractivity contribution in [3.05, 3.63) is 0 Å². The van der Waals surface area contributed by atoms with Gasteiger partial charge in [-0.25, -0.2) is 0 Å². The van der Waals surface area contributed by atoms with Crippen LogP contribution in [-0.4, -0.2) is 0 Å². The van der Waals surface area contributed by atoms with Crippen molar-refractivity contribution in [1.29, 1.82) is 0 Å². The lowest BCUT2D eigenvalue weighted by Gasteiger charge is -2.11. The Kier molecular flexibility index (Phi) is 6.84. The second-order valence-corrected chi connectivity index (χ2v) is 18.0. The Hall–Kier alpha value is 0.230. The summed E-state index contributed by atoms with van der Waals surface area (Å²) in [6, 6.07) is 0. The van der Waals surface area contributed by atoms with Gasteiger partial charge in [0, 0.05) is 56.3 Å². The molecule has 0 aromatic heterocycles. The van der Waals surface area contributed by atoms with E-state index >= 15 is 0 Å². The van der Waals surface area contributed by atoms with Crippen LogP contribution in [0.1, 0.15) is 0 Å². The fourth-order valence-electron chi connectivity index (χ4n) is 0.169. The number of hydrogen-bond acceptors (Lipinski definition) is 2. The first kappa shape index (κ1) is 12.2. The lowest BCUT2D eigenvalue weighted by Crippen LogP contribution is -1.79. The number of terminal acetylenes is 1. The first-order valence-electron chi connectivity index (χ1n) is 2.29. The summed E-state index contributed by atoms with van der Waals surface area (Å²) < 4.78 is 4.65. The van der Waals surface area contributed by atoms with Gasteiger partial charge >= 0.3 is 0 Å². The topological polar surface area (TPSA) is 18.5 Å². The fourth-order valence-corrected chi connectivity index (χ4v) is 0.766. The van der Waals surface area contributed by atoms with Crippen LogP contribution in [0.25, 0.3) is 0 Å². The largest absolute Gasteiger partial charge is 0.268 e. The third-order valence-corrected chi connectivity index (χ3v) is 1.59. The molecule has 64 valence electrons. The van der Waals surface area contributed by atoms with E-state index < -0.39 is 5.61 Å². The molecule has 0 aliphatic rings. The first-order chi connectivity index (χ1) is 5.56. The van der Waals surface area contributed by atoms with Gasteiger partial charge in [0.25, 0.3) is 0 Å². The smallest absolute Gasteiger partial charge is 0.172 e. The third-order valence-electron chi connectivity index (χ3n) is 0.401. The molecule has 12 heavy (non-hydrogen) atoms. The van der Waals surface area contributed by atoms with Gasteiger partial charge in [0.2, 0.25) is 0 Å². The van der Waals surface area contributed by atoms with Crippen LogP contribution in [0.5, 0.6) is 0 Å². The summed E-state index contributed by atoms with van der Waals surface area (Å²) in [6.45, 7) is 0. The second kappa shape index (κ2) is 6.71. The number of hydrogen-bond donors (Lipinski definition) is 0. The van der Waals surface area contributed by atoms with E-state index in [2.05, 4.69) is 83.4 Å². The molecule has 0 saturated carbocycles. The van der Waals surface area contributed by atoms with Gasteiger partial charge in [-0.3, -0.25) is 4.89 Å². The van der Waals surface area contributed by atoms with Crippen LogP contribution in [0.15, 0.2) is 0 Å². The summed E-state index contributed by atoms with van der Waals surface area (Å²) >= 11 is 9.28. The predicted molar refractivity (Wildman–Crippen MR) is 60.9 cm³/mol. The van der Waals surface area contributed by atoms with Crippen molar-refractivity contribution < 1.29 is 9.22 Å². The third kappa shape index (κ3) is 10.2. The van der Waals surface area contributed by atoms with Gasteiger partial charge in [-0.1, -0.05) is 4.33 Å². The van der Waals surface area contributed by atoms with Crippen LogP contribution < -0.4 is 0 Å². The van der Waals surface area contributed by atoms with Gasteiger partial charge < -0.3 is 0 Å². The highest BCUT2D eigenvalue weighted by Crippen LogP contribution is 2.70. The second-order valence-electron chi connectivity index (χ2n) is 1.14. The van der Waals surface area contributed by atoms with Crippen LogP contribution in [0.3, 0.4) is 0 Å². The van der Waals surface area contributed by atoms with E-state index in [1.807, 2.05) is 0 Å². The van der Waals surface area contributed by atoms with E-state index in [9.17, 15) is 0 Å². The molecule has 2 nitrogen and oxygen atoms in total. The summed E-state index contributed by atoms with van der Waals surface area (Å²) in [5, 5.41) is 0. The lowest BCUT2D eigenvalue weighted by molar-refractivity contribution is -0.112. The van der Waals surface area contributed by atoms with Gasteiger partial charge in [0.05, 0.1) is 5.61 Å². The van der Waals surface area contributed by atoms with Crippen molar-refractivity contribution in [1.82, 2.24) is 0 Å². The molecule has 0 bridgehead atoms. The minimum absolute atomic E-state index is 1.69. The van der Waals surface area contributed by atoms with E-state index in [0.29, 0.717) is 0 Å². The van der Waals surface area contributed by atoms with Crippen LogP contribution in [0.2, 0.25) is 0 Å². The van der Waals surface area contributed by atoms with E-state index in [1.165, 1.54) is 0 Å². The maximum atomic E-state index is 4.83. The van der Waals surface area contributed by atoms with Crippen molar-refractivity contribution in [2.45, 2.75) is 0 Å². The molecule has 0 spiro atoms. The summed E-state index contributed by atoms with van der Waals surface area (Å²) in [6.07, 6.45) is 7.00. The van der Waals surface area contributed by atoms with Crippen LogP contribution >= 0.6 is 50.0 Å². The quantitative estimate of drug-likeness (QED) is 0.418. The Morgan fingerprint density at radius 3 is 2.25 bits per heavy atom. The minimum atomic E-state index is -1.69. The van der Waals surface area contributed by atoms with Crippen molar-refractivity contribution in [2.24, 2.45) is 0 Å². The Balaban J connectivity index is 3.69. The molecule has 0 aliphatic heterocycles. The Morgan fingerprint density at radius 1 is 1.08 bits per heavy atom. The van der Waals surface area contributed by atoms with Crippen LogP contribution in [-0.2, 0) is 9.22 Å². The molecule has 0 amide bonds. The SMILES string of the molecule is C#CC#CC#COOS(Br)(Br)Br. The van der Waals surface area contributed by atoms with Gasteiger partial charge in [-0.15, -0.1) is 6.42 Å². The molecule has 0 radical (unpaired) electrons. The lowest BCUT2D eigenvalue weighted by atomic mass is 10.6. The van der Waals surface area contributed by atoms with E-state index in [-0.39, 0.29) is 0 Å². The highest BCUT2D eigenvalue weighted by atomic mass is 80.0. The summed E-state index contributed by atoms with van der Waals surface area (Å²) in [5.41, 5.74) is -1.69. The Labute approximate surface area is 94.8 Å². The first-order valence-corrected chi connectivity index (χ1v) is 9.38. The highest BCUT2D eigenvalue weighted by molar-refractivity contribution is 10.2. The Bertz CT molecular complexity index is 293. The minimum Gasteiger partial charge on any atom is -0.268 e. The average Bonchev–Trinajstić information content (AvgIpc) is 1.94. The van der Waals surface area contributed by atoms with Gasteiger partial charge in [-0.2, -0.15) is 0 Å². The number of halogens is 3. The molecule has 0 aliphatic carbocycles. The van der Waals surface area contributed by atoms with Crippen molar-refractivity contribution in [3.8, 4) is 36.2 Å². The maximum Gasteiger partial charge on any atom is 0.172 e. The molecule has 0 fully saturated rings. The molecule has 0 atom stereocenters. The molecular formula is C6HBr3O2S. The van der Waals surface area contributed by atoms with Gasteiger partial charge in [0.1, 0.15) is 0 Å². The van der Waals surface area contributed by atoms with Gasteiger partial charge in [0.15, 0.2) is 6.11 Å². The fraction of sp³-hybridized carbons (Fsp3) is 0. The van der Waals surface area contributed by atoms with Crippen molar-refractivity contribution >= 4 is 50.0 Å².